The van der Waals surface area contributed by atoms with Gasteiger partial charge in [-0.3, -0.25) is 0 Å². The van der Waals surface area contributed by atoms with E-state index in [-0.39, 0.29) is 5.56 Å². The van der Waals surface area contributed by atoms with Crippen molar-refractivity contribution in [2.75, 3.05) is 0 Å². The molecule has 0 fully saturated rings. The Labute approximate surface area is 92.4 Å². The number of rotatable bonds is 2. The predicted octanol–water partition coefficient (Wildman–Crippen LogP) is 1.58. The summed E-state index contributed by atoms with van der Waals surface area (Å²) in [6.45, 7) is 3.62. The van der Waals surface area contributed by atoms with E-state index < -0.39 is 5.97 Å². The Balaban J connectivity index is 2.53. The summed E-state index contributed by atoms with van der Waals surface area (Å²) in [5.41, 5.74) is 1.74. The van der Waals surface area contributed by atoms with E-state index in [0.29, 0.717) is 11.5 Å². The molecule has 2 heterocycles. The molecule has 0 aromatic carbocycles. The summed E-state index contributed by atoms with van der Waals surface area (Å²) in [6, 6.07) is 4.87. The maximum Gasteiger partial charge on any atom is 0.335 e. The fraction of sp³-hybridized carbons (Fsp3) is 0.182. The van der Waals surface area contributed by atoms with Crippen LogP contribution in [0.1, 0.15) is 21.7 Å². The lowest BCUT2D eigenvalue weighted by atomic mass is 10.2. The molecular weight excluding hydrogens is 206 g/mol. The van der Waals surface area contributed by atoms with Crippen LogP contribution in [0.2, 0.25) is 0 Å². The van der Waals surface area contributed by atoms with Gasteiger partial charge in [0.2, 0.25) is 0 Å². The normalized spacial score (nSPS) is 10.4. The summed E-state index contributed by atoms with van der Waals surface area (Å²) < 4.78 is 1.56. The summed E-state index contributed by atoms with van der Waals surface area (Å²) in [6.07, 6.45) is 1.75. The van der Waals surface area contributed by atoms with Gasteiger partial charge >= 0.3 is 5.97 Å². The zero-order chi connectivity index (χ0) is 11.7. The van der Waals surface area contributed by atoms with Crippen LogP contribution in [0.5, 0.6) is 0 Å². The molecule has 0 aliphatic carbocycles. The Hall–Kier alpha value is -2.17. The first kappa shape index (κ1) is 10.4. The van der Waals surface area contributed by atoms with E-state index in [4.69, 9.17) is 5.11 Å². The molecule has 5 nitrogen and oxygen atoms in total. The number of pyridine rings is 1. The Morgan fingerprint density at radius 1 is 1.31 bits per heavy atom. The Morgan fingerprint density at radius 2 is 2.06 bits per heavy atom. The zero-order valence-corrected chi connectivity index (χ0v) is 9.01. The molecule has 82 valence electrons. The number of hydrogen-bond donors (Lipinski definition) is 1. The maximum absolute atomic E-state index is 10.9. The lowest BCUT2D eigenvalue weighted by Gasteiger charge is -2.03. The van der Waals surface area contributed by atoms with Gasteiger partial charge < -0.3 is 5.11 Å². The second-order valence-corrected chi connectivity index (χ2v) is 3.56. The average molecular weight is 217 g/mol. The number of carboxylic acid groups (broad SMARTS) is 1. The molecule has 0 atom stereocenters. The minimum atomic E-state index is -0.962. The third kappa shape index (κ3) is 1.93. The van der Waals surface area contributed by atoms with Crippen molar-refractivity contribution in [2.24, 2.45) is 0 Å². The van der Waals surface area contributed by atoms with Crippen LogP contribution in [0.15, 0.2) is 24.4 Å². The molecule has 5 heteroatoms. The van der Waals surface area contributed by atoms with Crippen molar-refractivity contribution in [3.8, 4) is 5.82 Å². The molecule has 0 bridgehead atoms. The van der Waals surface area contributed by atoms with Gasteiger partial charge in [0.25, 0.3) is 0 Å². The van der Waals surface area contributed by atoms with Gasteiger partial charge in [-0.15, -0.1) is 0 Å². The van der Waals surface area contributed by atoms with Crippen molar-refractivity contribution in [3.63, 3.8) is 0 Å². The lowest BCUT2D eigenvalue weighted by molar-refractivity contribution is 0.0696. The number of aromatic nitrogens is 3. The van der Waals surface area contributed by atoms with Gasteiger partial charge in [-0.1, -0.05) is 0 Å². The number of nitrogens with zero attached hydrogens (tertiary/aromatic N) is 3. The summed E-state index contributed by atoms with van der Waals surface area (Å²) in [5.74, 6) is -0.443. The third-order valence-electron chi connectivity index (χ3n) is 2.14. The molecule has 0 saturated heterocycles. The SMILES string of the molecule is Cc1cc(C(=O)O)cc(-n2ccc(C)n2)n1. The molecule has 0 amide bonds. The fourth-order valence-corrected chi connectivity index (χ4v) is 1.43. The Bertz CT molecular complexity index is 546. The molecule has 1 N–H and O–H groups in total. The van der Waals surface area contributed by atoms with E-state index >= 15 is 0 Å². The van der Waals surface area contributed by atoms with Crippen molar-refractivity contribution in [3.05, 3.63) is 41.3 Å². The molecule has 2 aromatic heterocycles. The van der Waals surface area contributed by atoms with Crippen LogP contribution in [0.3, 0.4) is 0 Å². The first-order valence-corrected chi connectivity index (χ1v) is 4.81. The number of aromatic carboxylic acids is 1. The van der Waals surface area contributed by atoms with Crippen LogP contribution in [0.4, 0.5) is 0 Å². The van der Waals surface area contributed by atoms with E-state index in [1.54, 1.807) is 17.8 Å². The number of carbonyl (C=O) groups is 1. The van der Waals surface area contributed by atoms with Crippen LogP contribution in [0, 0.1) is 13.8 Å². The largest absolute Gasteiger partial charge is 0.478 e. The smallest absolute Gasteiger partial charge is 0.335 e. The molecule has 0 saturated carbocycles. The summed E-state index contributed by atoms with van der Waals surface area (Å²) in [7, 11) is 0. The van der Waals surface area contributed by atoms with Gasteiger partial charge in [-0.05, 0) is 32.0 Å². The summed E-state index contributed by atoms with van der Waals surface area (Å²) >= 11 is 0. The van der Waals surface area contributed by atoms with Crippen molar-refractivity contribution < 1.29 is 9.90 Å². The van der Waals surface area contributed by atoms with E-state index in [9.17, 15) is 4.79 Å². The molecule has 2 rings (SSSR count). The monoisotopic (exact) mass is 217 g/mol. The third-order valence-corrected chi connectivity index (χ3v) is 2.14. The van der Waals surface area contributed by atoms with Gasteiger partial charge in [0.05, 0.1) is 11.3 Å². The van der Waals surface area contributed by atoms with Crippen LogP contribution < -0.4 is 0 Å². The van der Waals surface area contributed by atoms with Crippen molar-refractivity contribution in [2.45, 2.75) is 13.8 Å². The maximum atomic E-state index is 10.9. The molecule has 0 unspecified atom stereocenters. The summed E-state index contributed by atoms with van der Waals surface area (Å²) in [5, 5.41) is 13.1. The van der Waals surface area contributed by atoms with Crippen LogP contribution in [-0.4, -0.2) is 25.8 Å². The number of carboxylic acids is 1. The minimum absolute atomic E-state index is 0.218. The van der Waals surface area contributed by atoms with E-state index in [2.05, 4.69) is 10.1 Å². The highest BCUT2D eigenvalue weighted by Crippen LogP contribution is 2.10. The molecular formula is C11H11N3O2. The molecule has 0 aliphatic rings. The van der Waals surface area contributed by atoms with Crippen molar-refractivity contribution >= 4 is 5.97 Å². The highest BCUT2D eigenvalue weighted by atomic mass is 16.4. The number of hydrogen-bond acceptors (Lipinski definition) is 3. The van der Waals surface area contributed by atoms with Crippen molar-refractivity contribution in [1.82, 2.24) is 14.8 Å². The molecule has 16 heavy (non-hydrogen) atoms. The van der Waals surface area contributed by atoms with Crippen LogP contribution in [0.25, 0.3) is 5.82 Å². The quantitative estimate of drug-likeness (QED) is 0.829. The molecule has 2 aromatic rings. The highest BCUT2D eigenvalue weighted by molar-refractivity contribution is 5.88. The summed E-state index contributed by atoms with van der Waals surface area (Å²) in [4.78, 5) is 15.1. The Kier molecular flexibility index (Phi) is 2.44. The minimum Gasteiger partial charge on any atom is -0.478 e. The van der Waals surface area contributed by atoms with Gasteiger partial charge in [0, 0.05) is 11.9 Å². The predicted molar refractivity (Wildman–Crippen MR) is 57.8 cm³/mol. The van der Waals surface area contributed by atoms with E-state index in [1.165, 1.54) is 12.1 Å². The standard InChI is InChI=1S/C11H11N3O2/c1-7-3-4-14(13-7)10-6-9(11(15)16)5-8(2)12-10/h3-6H,1-2H3,(H,15,16). The molecule has 0 radical (unpaired) electrons. The van der Waals surface area contributed by atoms with E-state index in [0.717, 1.165) is 5.69 Å². The van der Waals surface area contributed by atoms with E-state index in [1.807, 2.05) is 13.0 Å². The van der Waals surface area contributed by atoms with Gasteiger partial charge in [-0.2, -0.15) is 5.10 Å². The van der Waals surface area contributed by atoms with Gasteiger partial charge in [-0.25, -0.2) is 14.5 Å². The van der Waals surface area contributed by atoms with Gasteiger partial charge in [0.15, 0.2) is 5.82 Å². The zero-order valence-electron chi connectivity index (χ0n) is 9.01. The fourth-order valence-electron chi connectivity index (χ4n) is 1.43. The van der Waals surface area contributed by atoms with Gasteiger partial charge in [0.1, 0.15) is 0 Å². The second-order valence-electron chi connectivity index (χ2n) is 3.56. The second kappa shape index (κ2) is 3.77. The number of aryl methyl sites for hydroxylation is 2. The molecule has 0 aliphatic heterocycles. The first-order valence-electron chi connectivity index (χ1n) is 4.81. The average Bonchev–Trinajstić information content (AvgIpc) is 2.64. The first-order chi connectivity index (χ1) is 7.56. The molecule has 0 spiro atoms. The highest BCUT2D eigenvalue weighted by Gasteiger charge is 2.08. The van der Waals surface area contributed by atoms with Crippen LogP contribution >= 0.6 is 0 Å². The van der Waals surface area contributed by atoms with Crippen molar-refractivity contribution in [1.29, 1.82) is 0 Å². The Morgan fingerprint density at radius 3 is 2.62 bits per heavy atom. The van der Waals surface area contributed by atoms with Crippen LogP contribution in [-0.2, 0) is 0 Å². The lowest BCUT2D eigenvalue weighted by Crippen LogP contribution is -2.04. The topological polar surface area (TPSA) is 68.0 Å².